The standard InChI is InChI=1S/C23H27N5O3S/c1-2-3-4-7-10-28-19-9-6-5-8-18(19)27-23(28)32-14-20(29)26-17-12-15(21(24)30)11-16(13-17)22(25)31/h5-6,8-9,11-13H,2-4,7,10,14H2,1H3,(H2,24,30)(H2,25,31)(H,26,29). The third-order valence-electron chi connectivity index (χ3n) is 4.97. The van der Waals surface area contributed by atoms with Crippen LogP contribution in [0.15, 0.2) is 47.6 Å². The SMILES string of the molecule is CCCCCCn1c(SCC(=O)Nc2cc(C(N)=O)cc(C(N)=O)c2)nc2ccccc21. The number of imidazole rings is 1. The molecule has 0 radical (unpaired) electrons. The normalized spacial score (nSPS) is 10.9. The van der Waals surface area contributed by atoms with E-state index in [-0.39, 0.29) is 28.5 Å². The van der Waals surface area contributed by atoms with Gasteiger partial charge >= 0.3 is 0 Å². The van der Waals surface area contributed by atoms with E-state index in [9.17, 15) is 14.4 Å². The molecule has 168 valence electrons. The first-order valence-corrected chi connectivity index (χ1v) is 11.5. The monoisotopic (exact) mass is 453 g/mol. The van der Waals surface area contributed by atoms with Gasteiger partial charge in [0.05, 0.1) is 16.8 Å². The van der Waals surface area contributed by atoms with Crippen LogP contribution in [0.2, 0.25) is 0 Å². The number of anilines is 1. The summed E-state index contributed by atoms with van der Waals surface area (Å²) in [6, 6.07) is 12.1. The fraction of sp³-hybridized carbons (Fsp3) is 0.304. The number of amides is 3. The number of primary amides is 2. The first kappa shape index (κ1) is 23.3. The molecule has 0 bridgehead atoms. The van der Waals surface area contributed by atoms with Gasteiger partial charge in [0.15, 0.2) is 5.16 Å². The molecule has 3 amide bonds. The molecule has 8 nitrogen and oxygen atoms in total. The van der Waals surface area contributed by atoms with Crippen molar-refractivity contribution in [1.29, 1.82) is 0 Å². The smallest absolute Gasteiger partial charge is 0.248 e. The number of thioether (sulfide) groups is 1. The summed E-state index contributed by atoms with van der Waals surface area (Å²) in [5.41, 5.74) is 13.0. The minimum Gasteiger partial charge on any atom is -0.366 e. The van der Waals surface area contributed by atoms with E-state index in [4.69, 9.17) is 11.5 Å². The summed E-state index contributed by atoms with van der Waals surface area (Å²) in [4.78, 5) is 40.3. The average molecular weight is 454 g/mol. The van der Waals surface area contributed by atoms with Crippen molar-refractivity contribution >= 4 is 46.2 Å². The highest BCUT2D eigenvalue weighted by Gasteiger charge is 2.14. The van der Waals surface area contributed by atoms with Crippen molar-refractivity contribution < 1.29 is 14.4 Å². The number of aryl methyl sites for hydroxylation is 1. The van der Waals surface area contributed by atoms with E-state index in [1.54, 1.807) is 0 Å². The lowest BCUT2D eigenvalue weighted by Gasteiger charge is -2.10. The molecule has 1 aromatic heterocycles. The minimum atomic E-state index is -0.713. The lowest BCUT2D eigenvalue weighted by atomic mass is 10.1. The summed E-state index contributed by atoms with van der Waals surface area (Å²) in [5.74, 6) is -1.61. The van der Waals surface area contributed by atoms with Gasteiger partial charge in [0.2, 0.25) is 17.7 Å². The van der Waals surface area contributed by atoms with E-state index in [1.807, 2.05) is 24.3 Å². The second-order valence-corrected chi connectivity index (χ2v) is 8.40. The topological polar surface area (TPSA) is 133 Å². The van der Waals surface area contributed by atoms with Crippen LogP contribution in [0.5, 0.6) is 0 Å². The van der Waals surface area contributed by atoms with Gasteiger partial charge in [-0.3, -0.25) is 14.4 Å². The first-order valence-electron chi connectivity index (χ1n) is 10.5. The van der Waals surface area contributed by atoms with Gasteiger partial charge in [0.25, 0.3) is 0 Å². The zero-order valence-corrected chi connectivity index (χ0v) is 18.8. The Morgan fingerprint density at radius 1 is 1.00 bits per heavy atom. The molecule has 2 aromatic carbocycles. The van der Waals surface area contributed by atoms with Gasteiger partial charge in [-0.05, 0) is 36.8 Å². The molecule has 3 aromatic rings. The second-order valence-electron chi connectivity index (χ2n) is 7.46. The Balaban J connectivity index is 1.72. The van der Waals surface area contributed by atoms with Crippen molar-refractivity contribution in [3.63, 3.8) is 0 Å². The number of hydrogen-bond acceptors (Lipinski definition) is 5. The van der Waals surface area contributed by atoms with E-state index < -0.39 is 11.8 Å². The molecule has 0 spiro atoms. The average Bonchev–Trinajstić information content (AvgIpc) is 3.12. The number of unbranched alkanes of at least 4 members (excludes halogenated alkanes) is 3. The molecule has 0 aliphatic heterocycles. The molecular formula is C23H27N5O3S. The van der Waals surface area contributed by atoms with Gasteiger partial charge in [-0.1, -0.05) is 50.1 Å². The number of aromatic nitrogens is 2. The molecule has 5 N–H and O–H groups in total. The Kier molecular flexibility index (Phi) is 7.88. The third-order valence-corrected chi connectivity index (χ3v) is 5.95. The summed E-state index contributed by atoms with van der Waals surface area (Å²) < 4.78 is 2.15. The van der Waals surface area contributed by atoms with E-state index in [1.165, 1.54) is 42.8 Å². The Bertz CT molecular complexity index is 1110. The fourth-order valence-corrected chi connectivity index (χ4v) is 4.23. The van der Waals surface area contributed by atoms with Crippen molar-refractivity contribution in [2.75, 3.05) is 11.1 Å². The van der Waals surface area contributed by atoms with E-state index >= 15 is 0 Å². The van der Waals surface area contributed by atoms with Gasteiger partial charge in [0, 0.05) is 23.4 Å². The van der Waals surface area contributed by atoms with E-state index in [0.717, 1.165) is 35.6 Å². The summed E-state index contributed by atoms with van der Waals surface area (Å²) in [6.07, 6.45) is 4.55. The predicted octanol–water partition coefficient (Wildman–Crippen LogP) is 3.55. The van der Waals surface area contributed by atoms with Crippen molar-refractivity contribution in [3.8, 4) is 0 Å². The number of carbonyl (C=O) groups is 3. The molecule has 0 unspecified atom stereocenters. The number of nitrogens with two attached hydrogens (primary N) is 2. The quantitative estimate of drug-likeness (QED) is 0.302. The van der Waals surface area contributed by atoms with Gasteiger partial charge in [-0.25, -0.2) is 4.98 Å². The van der Waals surface area contributed by atoms with Crippen molar-refractivity contribution in [3.05, 3.63) is 53.6 Å². The van der Waals surface area contributed by atoms with E-state index in [2.05, 4.69) is 21.8 Å². The minimum absolute atomic E-state index is 0.0955. The zero-order chi connectivity index (χ0) is 23.1. The maximum absolute atomic E-state index is 12.6. The molecule has 0 saturated heterocycles. The zero-order valence-electron chi connectivity index (χ0n) is 18.0. The number of nitrogens with zero attached hydrogens (tertiary/aromatic N) is 2. The maximum atomic E-state index is 12.6. The highest BCUT2D eigenvalue weighted by atomic mass is 32.2. The summed E-state index contributed by atoms with van der Waals surface area (Å²) in [5, 5.41) is 3.48. The Morgan fingerprint density at radius 2 is 1.69 bits per heavy atom. The van der Waals surface area contributed by atoms with Crippen molar-refractivity contribution in [2.45, 2.75) is 44.3 Å². The van der Waals surface area contributed by atoms with Crippen molar-refractivity contribution in [2.24, 2.45) is 11.5 Å². The molecule has 0 aliphatic carbocycles. The van der Waals surface area contributed by atoms with Crippen LogP contribution in [0.25, 0.3) is 11.0 Å². The molecule has 3 rings (SSSR count). The number of rotatable bonds is 11. The third kappa shape index (κ3) is 5.88. The van der Waals surface area contributed by atoms with Crippen molar-refractivity contribution in [1.82, 2.24) is 9.55 Å². The van der Waals surface area contributed by atoms with Gasteiger partial charge in [-0.2, -0.15) is 0 Å². The van der Waals surface area contributed by atoms with Crippen LogP contribution in [-0.2, 0) is 11.3 Å². The summed E-state index contributed by atoms with van der Waals surface area (Å²) >= 11 is 1.34. The second kappa shape index (κ2) is 10.8. The molecule has 0 atom stereocenters. The van der Waals surface area contributed by atoms with Crippen LogP contribution in [0, 0.1) is 0 Å². The van der Waals surface area contributed by atoms with Gasteiger partial charge < -0.3 is 21.4 Å². The number of benzene rings is 2. The number of nitrogens with one attached hydrogen (secondary N) is 1. The Hall–Kier alpha value is -3.33. The predicted molar refractivity (Wildman–Crippen MR) is 127 cm³/mol. The molecule has 32 heavy (non-hydrogen) atoms. The molecule has 0 fully saturated rings. The Morgan fingerprint density at radius 3 is 2.34 bits per heavy atom. The summed E-state index contributed by atoms with van der Waals surface area (Å²) in [7, 11) is 0. The molecule has 9 heteroatoms. The van der Waals surface area contributed by atoms with E-state index in [0.29, 0.717) is 0 Å². The lowest BCUT2D eigenvalue weighted by molar-refractivity contribution is -0.113. The maximum Gasteiger partial charge on any atom is 0.248 e. The fourth-order valence-electron chi connectivity index (χ4n) is 3.39. The van der Waals surface area contributed by atoms with Crippen LogP contribution < -0.4 is 16.8 Å². The summed E-state index contributed by atoms with van der Waals surface area (Å²) in [6.45, 7) is 3.02. The lowest BCUT2D eigenvalue weighted by Crippen LogP contribution is -2.19. The number of fused-ring (bicyclic) bond motifs is 1. The molecule has 0 saturated carbocycles. The Labute approximate surface area is 190 Å². The molecular weight excluding hydrogens is 426 g/mol. The van der Waals surface area contributed by atoms with Crippen LogP contribution in [-0.4, -0.2) is 33.0 Å². The van der Waals surface area contributed by atoms with Crippen LogP contribution >= 0.6 is 11.8 Å². The molecule has 0 aliphatic rings. The van der Waals surface area contributed by atoms with Crippen LogP contribution in [0.4, 0.5) is 5.69 Å². The van der Waals surface area contributed by atoms with Crippen LogP contribution in [0.3, 0.4) is 0 Å². The highest BCUT2D eigenvalue weighted by Crippen LogP contribution is 2.25. The van der Waals surface area contributed by atoms with Gasteiger partial charge in [0.1, 0.15) is 0 Å². The van der Waals surface area contributed by atoms with Crippen LogP contribution in [0.1, 0.15) is 53.3 Å². The highest BCUT2D eigenvalue weighted by molar-refractivity contribution is 7.99. The number of carbonyl (C=O) groups excluding carboxylic acids is 3. The number of para-hydroxylation sites is 2. The largest absolute Gasteiger partial charge is 0.366 e. The molecule has 1 heterocycles. The first-order chi connectivity index (χ1) is 15.4. The van der Waals surface area contributed by atoms with Gasteiger partial charge in [-0.15, -0.1) is 0 Å². The number of hydrogen-bond donors (Lipinski definition) is 3.